The fraction of sp³-hybridized carbons (Fsp3) is 0.231. The summed E-state index contributed by atoms with van der Waals surface area (Å²) in [6.07, 6.45) is 0. The average Bonchev–Trinajstić information content (AvgIpc) is 2.77. The molecule has 3 rings (SSSR count). The molecule has 0 aliphatic carbocycles. The Balaban J connectivity index is 1.97. The molecule has 0 saturated carbocycles. The van der Waals surface area contributed by atoms with Gasteiger partial charge in [0.25, 0.3) is 0 Å². The van der Waals surface area contributed by atoms with E-state index in [2.05, 4.69) is 40.5 Å². The molecule has 4 N–H and O–H groups in total. The first-order valence-electron chi connectivity index (χ1n) is 10.6. The highest BCUT2D eigenvalue weighted by Crippen LogP contribution is 2.29. The molecular weight excluding hydrogens is 400 g/mol. The predicted octanol–water partition coefficient (Wildman–Crippen LogP) is 4.73. The number of amidine groups is 1. The lowest BCUT2D eigenvalue weighted by molar-refractivity contribution is -0.144. The first-order valence-corrected chi connectivity index (χ1v) is 10.6. The molecular formula is C26H30N4O2. The lowest BCUT2D eigenvalue weighted by Crippen LogP contribution is -2.23. The number of ether oxygens (including phenoxy) is 1. The second kappa shape index (κ2) is 10.0. The van der Waals surface area contributed by atoms with Gasteiger partial charge in [0, 0.05) is 31.0 Å². The van der Waals surface area contributed by atoms with E-state index in [1.807, 2.05) is 33.2 Å². The number of anilines is 2. The molecule has 0 spiro atoms. The number of nitrogens with zero attached hydrogens (tertiary/aromatic N) is 1. The van der Waals surface area contributed by atoms with Gasteiger partial charge in [0.15, 0.2) is 6.04 Å². The van der Waals surface area contributed by atoms with Crippen molar-refractivity contribution < 1.29 is 9.53 Å². The maximum Gasteiger partial charge on any atom is 0.333 e. The molecule has 3 aromatic carbocycles. The van der Waals surface area contributed by atoms with Crippen LogP contribution in [0.3, 0.4) is 0 Å². The number of carbonyl (C=O) groups excluding carboxylic acids is 1. The molecule has 0 aromatic heterocycles. The van der Waals surface area contributed by atoms with Crippen LogP contribution in [0.2, 0.25) is 0 Å². The standard InChI is InChI=1S/C26H30N4O2/c1-5-32-26(31)24(29-22-10-6-19(7-11-22)25(27)28)21-15-17(2)14-20(16-21)18-8-12-23(13-9-18)30(3)4/h6-16,24,29H,5H2,1-4H3,(H3,27,28). The normalized spacial score (nSPS) is 11.5. The van der Waals surface area contributed by atoms with E-state index in [0.29, 0.717) is 12.2 Å². The van der Waals surface area contributed by atoms with Crippen molar-refractivity contribution in [1.29, 1.82) is 5.41 Å². The molecule has 1 unspecified atom stereocenters. The van der Waals surface area contributed by atoms with Gasteiger partial charge >= 0.3 is 5.97 Å². The van der Waals surface area contributed by atoms with Gasteiger partial charge in [-0.25, -0.2) is 4.79 Å². The highest BCUT2D eigenvalue weighted by molar-refractivity contribution is 5.95. The summed E-state index contributed by atoms with van der Waals surface area (Å²) in [5, 5.41) is 10.8. The third-order valence-corrected chi connectivity index (χ3v) is 5.18. The second-order valence-electron chi connectivity index (χ2n) is 7.89. The topological polar surface area (TPSA) is 91.4 Å². The molecule has 6 heteroatoms. The molecule has 6 nitrogen and oxygen atoms in total. The van der Waals surface area contributed by atoms with Crippen LogP contribution in [0.4, 0.5) is 11.4 Å². The smallest absolute Gasteiger partial charge is 0.333 e. The molecule has 0 heterocycles. The molecule has 0 bridgehead atoms. The number of hydrogen-bond donors (Lipinski definition) is 3. The number of hydrogen-bond acceptors (Lipinski definition) is 5. The van der Waals surface area contributed by atoms with Crippen molar-refractivity contribution in [3.05, 3.63) is 83.4 Å². The van der Waals surface area contributed by atoms with Crippen LogP contribution in [-0.2, 0) is 9.53 Å². The molecule has 0 fully saturated rings. The summed E-state index contributed by atoms with van der Waals surface area (Å²) in [5.41, 5.74) is 12.0. The van der Waals surface area contributed by atoms with Gasteiger partial charge in [-0.05, 0) is 73.0 Å². The van der Waals surface area contributed by atoms with Crippen molar-refractivity contribution in [2.24, 2.45) is 5.73 Å². The molecule has 0 aliphatic rings. The van der Waals surface area contributed by atoms with Gasteiger partial charge < -0.3 is 20.7 Å². The molecule has 0 amide bonds. The van der Waals surface area contributed by atoms with E-state index in [4.69, 9.17) is 15.9 Å². The number of nitrogen functional groups attached to an aromatic ring is 1. The number of carbonyl (C=O) groups is 1. The van der Waals surface area contributed by atoms with E-state index in [1.54, 1.807) is 31.2 Å². The van der Waals surface area contributed by atoms with Crippen LogP contribution in [0.5, 0.6) is 0 Å². The fourth-order valence-corrected chi connectivity index (χ4v) is 3.51. The maximum absolute atomic E-state index is 12.9. The second-order valence-corrected chi connectivity index (χ2v) is 7.89. The summed E-state index contributed by atoms with van der Waals surface area (Å²) in [5.74, 6) is -0.343. The highest BCUT2D eigenvalue weighted by Gasteiger charge is 2.23. The third kappa shape index (κ3) is 5.46. The molecule has 166 valence electrons. The summed E-state index contributed by atoms with van der Waals surface area (Å²) in [6.45, 7) is 4.11. The van der Waals surface area contributed by atoms with Gasteiger partial charge in [0.2, 0.25) is 0 Å². The lowest BCUT2D eigenvalue weighted by Gasteiger charge is -2.21. The van der Waals surface area contributed by atoms with E-state index in [-0.39, 0.29) is 11.8 Å². The lowest BCUT2D eigenvalue weighted by atomic mass is 9.96. The molecule has 3 aromatic rings. The minimum atomic E-state index is -0.669. The Kier molecular flexibility index (Phi) is 7.15. The van der Waals surface area contributed by atoms with Crippen molar-refractivity contribution in [3.8, 4) is 11.1 Å². The van der Waals surface area contributed by atoms with Crippen molar-refractivity contribution >= 4 is 23.2 Å². The van der Waals surface area contributed by atoms with Crippen molar-refractivity contribution in [1.82, 2.24) is 0 Å². The fourth-order valence-electron chi connectivity index (χ4n) is 3.51. The Morgan fingerprint density at radius 1 is 1.03 bits per heavy atom. The summed E-state index contributed by atoms with van der Waals surface area (Å²) < 4.78 is 5.36. The number of benzene rings is 3. The number of rotatable bonds is 8. The van der Waals surface area contributed by atoms with E-state index in [1.165, 1.54) is 0 Å². The Morgan fingerprint density at radius 3 is 2.25 bits per heavy atom. The van der Waals surface area contributed by atoms with Crippen LogP contribution >= 0.6 is 0 Å². The minimum Gasteiger partial charge on any atom is -0.464 e. The molecule has 1 atom stereocenters. The monoisotopic (exact) mass is 430 g/mol. The highest BCUT2D eigenvalue weighted by atomic mass is 16.5. The Bertz CT molecular complexity index is 1090. The molecule has 32 heavy (non-hydrogen) atoms. The zero-order valence-electron chi connectivity index (χ0n) is 19.0. The zero-order valence-corrected chi connectivity index (χ0v) is 19.0. The van der Waals surface area contributed by atoms with Gasteiger partial charge in [-0.15, -0.1) is 0 Å². The number of nitrogens with two attached hydrogens (primary N) is 1. The van der Waals surface area contributed by atoms with E-state index in [9.17, 15) is 4.79 Å². The SMILES string of the molecule is CCOC(=O)C(Nc1ccc(C(=N)N)cc1)c1cc(C)cc(-c2ccc(N(C)C)cc2)c1. The van der Waals surface area contributed by atoms with Gasteiger partial charge in [-0.1, -0.05) is 29.8 Å². The minimum absolute atomic E-state index is 0.00195. The summed E-state index contributed by atoms with van der Waals surface area (Å²) in [4.78, 5) is 14.9. The average molecular weight is 431 g/mol. The predicted molar refractivity (Wildman–Crippen MR) is 131 cm³/mol. The quantitative estimate of drug-likeness (QED) is 0.273. The van der Waals surface area contributed by atoms with Crippen LogP contribution in [0.15, 0.2) is 66.7 Å². The number of aryl methyl sites for hydroxylation is 1. The largest absolute Gasteiger partial charge is 0.464 e. The van der Waals surface area contributed by atoms with E-state index in [0.717, 1.165) is 33.6 Å². The Hall–Kier alpha value is -3.80. The summed E-state index contributed by atoms with van der Waals surface area (Å²) in [7, 11) is 4.02. The van der Waals surface area contributed by atoms with Crippen molar-refractivity contribution in [3.63, 3.8) is 0 Å². The van der Waals surface area contributed by atoms with Crippen LogP contribution in [0, 0.1) is 12.3 Å². The molecule has 0 saturated heterocycles. The van der Waals surface area contributed by atoms with Crippen molar-refractivity contribution in [2.45, 2.75) is 19.9 Å². The summed E-state index contributed by atoms with van der Waals surface area (Å²) >= 11 is 0. The van der Waals surface area contributed by atoms with Gasteiger partial charge in [0.05, 0.1) is 6.61 Å². The van der Waals surface area contributed by atoms with Crippen LogP contribution in [-0.4, -0.2) is 32.5 Å². The van der Waals surface area contributed by atoms with Gasteiger partial charge in [0.1, 0.15) is 5.84 Å². The molecule has 0 radical (unpaired) electrons. The third-order valence-electron chi connectivity index (χ3n) is 5.18. The van der Waals surface area contributed by atoms with Crippen LogP contribution in [0.1, 0.15) is 29.7 Å². The Morgan fingerprint density at radius 2 is 1.69 bits per heavy atom. The van der Waals surface area contributed by atoms with Gasteiger partial charge in [-0.3, -0.25) is 5.41 Å². The Labute approximate surface area is 189 Å². The van der Waals surface area contributed by atoms with Crippen LogP contribution < -0.4 is 16.0 Å². The number of esters is 1. The number of nitrogens with one attached hydrogen (secondary N) is 2. The van der Waals surface area contributed by atoms with Crippen molar-refractivity contribution in [2.75, 3.05) is 30.9 Å². The van der Waals surface area contributed by atoms with E-state index >= 15 is 0 Å². The van der Waals surface area contributed by atoms with E-state index < -0.39 is 6.04 Å². The summed E-state index contributed by atoms with van der Waals surface area (Å²) in [6, 6.07) is 20.9. The van der Waals surface area contributed by atoms with Gasteiger partial charge in [-0.2, -0.15) is 0 Å². The first-order chi connectivity index (χ1) is 15.3. The maximum atomic E-state index is 12.9. The zero-order chi connectivity index (χ0) is 23.3. The first kappa shape index (κ1) is 22.9. The molecule has 0 aliphatic heterocycles. The van der Waals surface area contributed by atoms with Crippen LogP contribution in [0.25, 0.3) is 11.1 Å².